The maximum absolute atomic E-state index is 13.5. The molecule has 0 aliphatic heterocycles. The minimum absolute atomic E-state index is 0.134. The molecular formula is C17H13F3N2O3. The third kappa shape index (κ3) is 4.66. The van der Waals surface area contributed by atoms with Gasteiger partial charge in [0.1, 0.15) is 6.42 Å². The Balaban J connectivity index is 1.95. The topological polar surface area (TPSA) is 75.3 Å². The molecule has 0 unspecified atom stereocenters. The van der Waals surface area contributed by atoms with Crippen molar-refractivity contribution < 1.29 is 27.6 Å². The van der Waals surface area contributed by atoms with Gasteiger partial charge in [-0.2, -0.15) is 0 Å². The molecule has 0 saturated heterocycles. The van der Waals surface area contributed by atoms with Crippen LogP contribution in [0.4, 0.5) is 24.5 Å². The average Bonchev–Trinajstić information content (AvgIpc) is 2.55. The third-order valence-corrected chi connectivity index (χ3v) is 3.21. The van der Waals surface area contributed by atoms with Crippen LogP contribution < -0.4 is 10.6 Å². The summed E-state index contributed by atoms with van der Waals surface area (Å²) >= 11 is 0. The Morgan fingerprint density at radius 2 is 1.44 bits per heavy atom. The van der Waals surface area contributed by atoms with E-state index in [1.54, 1.807) is 0 Å². The quantitative estimate of drug-likeness (QED) is 0.494. The summed E-state index contributed by atoms with van der Waals surface area (Å²) in [5, 5.41) is 4.41. The number of carbonyl (C=O) groups excluding carboxylic acids is 3. The Hall–Kier alpha value is -3.16. The number of halogens is 3. The van der Waals surface area contributed by atoms with Crippen molar-refractivity contribution in [3.63, 3.8) is 0 Å². The summed E-state index contributed by atoms with van der Waals surface area (Å²) in [4.78, 5) is 34.6. The van der Waals surface area contributed by atoms with Gasteiger partial charge in [-0.1, -0.05) is 0 Å². The molecule has 2 aromatic carbocycles. The van der Waals surface area contributed by atoms with Gasteiger partial charge in [0.25, 0.3) is 0 Å². The zero-order valence-corrected chi connectivity index (χ0v) is 13.0. The van der Waals surface area contributed by atoms with E-state index in [1.807, 2.05) is 5.32 Å². The average molecular weight is 350 g/mol. The first-order valence-corrected chi connectivity index (χ1v) is 7.12. The first-order valence-electron chi connectivity index (χ1n) is 7.12. The van der Waals surface area contributed by atoms with E-state index in [0.717, 1.165) is 6.07 Å². The Kier molecular flexibility index (Phi) is 5.53. The van der Waals surface area contributed by atoms with Crippen LogP contribution in [0.5, 0.6) is 0 Å². The fraction of sp³-hybridized carbons (Fsp3) is 0.118. The second kappa shape index (κ2) is 7.61. The molecule has 0 fully saturated rings. The maximum Gasteiger partial charge on any atom is 0.233 e. The summed E-state index contributed by atoms with van der Waals surface area (Å²) in [6, 6.07) is 7.50. The molecule has 2 aromatic rings. The molecule has 130 valence electrons. The van der Waals surface area contributed by atoms with E-state index >= 15 is 0 Å². The van der Waals surface area contributed by atoms with E-state index in [-0.39, 0.29) is 5.78 Å². The monoisotopic (exact) mass is 350 g/mol. The van der Waals surface area contributed by atoms with E-state index in [2.05, 4.69) is 5.32 Å². The van der Waals surface area contributed by atoms with Crippen molar-refractivity contribution in [2.45, 2.75) is 13.3 Å². The highest BCUT2D eigenvalue weighted by atomic mass is 19.2. The first kappa shape index (κ1) is 18.2. The van der Waals surface area contributed by atoms with E-state index in [0.29, 0.717) is 17.3 Å². The number of anilines is 2. The number of hydrogen-bond donors (Lipinski definition) is 2. The summed E-state index contributed by atoms with van der Waals surface area (Å²) in [5.74, 6) is -6.38. The second-order valence-electron chi connectivity index (χ2n) is 5.13. The number of nitrogens with one attached hydrogen (secondary N) is 2. The number of rotatable bonds is 5. The Labute approximate surface area is 140 Å². The van der Waals surface area contributed by atoms with Crippen molar-refractivity contribution in [2.75, 3.05) is 10.6 Å². The third-order valence-electron chi connectivity index (χ3n) is 3.21. The van der Waals surface area contributed by atoms with Crippen molar-refractivity contribution >= 4 is 29.0 Å². The van der Waals surface area contributed by atoms with Gasteiger partial charge >= 0.3 is 0 Å². The van der Waals surface area contributed by atoms with E-state index in [4.69, 9.17) is 0 Å². The van der Waals surface area contributed by atoms with Crippen LogP contribution in [-0.4, -0.2) is 17.6 Å². The lowest BCUT2D eigenvalue weighted by molar-refractivity contribution is -0.123. The van der Waals surface area contributed by atoms with Crippen molar-refractivity contribution in [3.8, 4) is 0 Å². The highest BCUT2D eigenvalue weighted by molar-refractivity contribution is 6.08. The van der Waals surface area contributed by atoms with Gasteiger partial charge in [0.15, 0.2) is 23.2 Å². The lowest BCUT2D eigenvalue weighted by Crippen LogP contribution is -2.22. The SMILES string of the molecule is CC(=O)c1ccc(NC(=O)CC(=O)Nc2ccc(F)c(F)c2F)cc1. The fourth-order valence-corrected chi connectivity index (χ4v) is 1.96. The predicted molar refractivity (Wildman–Crippen MR) is 84.6 cm³/mol. The largest absolute Gasteiger partial charge is 0.326 e. The van der Waals surface area contributed by atoms with E-state index in [9.17, 15) is 27.6 Å². The molecule has 2 amide bonds. The summed E-state index contributed by atoms with van der Waals surface area (Å²) in [5.41, 5.74) is 0.258. The molecule has 0 radical (unpaired) electrons. The van der Waals surface area contributed by atoms with Gasteiger partial charge in [-0.15, -0.1) is 0 Å². The van der Waals surface area contributed by atoms with E-state index in [1.165, 1.54) is 31.2 Å². The normalized spacial score (nSPS) is 10.2. The summed E-state index contributed by atoms with van der Waals surface area (Å²) in [6.45, 7) is 1.40. The van der Waals surface area contributed by atoms with Gasteiger partial charge in [-0.3, -0.25) is 14.4 Å². The standard InChI is InChI=1S/C17H13F3N2O3/c1-9(23)10-2-4-11(5-3-10)21-14(24)8-15(25)22-13-7-6-12(18)16(19)17(13)20/h2-7H,8H2,1H3,(H,21,24)(H,22,25). The molecule has 5 nitrogen and oxygen atoms in total. The molecule has 2 N–H and O–H groups in total. The number of carbonyl (C=O) groups is 3. The minimum Gasteiger partial charge on any atom is -0.326 e. The molecule has 0 bridgehead atoms. The summed E-state index contributed by atoms with van der Waals surface area (Å²) in [7, 11) is 0. The zero-order chi connectivity index (χ0) is 18.6. The molecule has 2 rings (SSSR count). The van der Waals surface area contributed by atoms with E-state index < -0.39 is 41.4 Å². The predicted octanol–water partition coefficient (Wildman–Crippen LogP) is 3.27. The van der Waals surface area contributed by atoms with Gasteiger partial charge < -0.3 is 10.6 Å². The van der Waals surface area contributed by atoms with Crippen LogP contribution in [0.3, 0.4) is 0 Å². The molecule has 0 aliphatic rings. The Morgan fingerprint density at radius 1 is 0.840 bits per heavy atom. The Morgan fingerprint density at radius 3 is 2.04 bits per heavy atom. The molecule has 0 aliphatic carbocycles. The Bertz CT molecular complexity index is 836. The van der Waals surface area contributed by atoms with Gasteiger partial charge in [-0.25, -0.2) is 13.2 Å². The van der Waals surface area contributed by atoms with Crippen molar-refractivity contribution in [3.05, 3.63) is 59.4 Å². The lowest BCUT2D eigenvalue weighted by atomic mass is 10.1. The van der Waals surface area contributed by atoms with Crippen LogP contribution in [0.15, 0.2) is 36.4 Å². The number of benzene rings is 2. The number of hydrogen-bond acceptors (Lipinski definition) is 3. The molecule has 0 atom stereocenters. The summed E-state index contributed by atoms with van der Waals surface area (Å²) < 4.78 is 39.3. The second-order valence-corrected chi connectivity index (χ2v) is 5.13. The van der Waals surface area contributed by atoms with Crippen LogP contribution in [0.25, 0.3) is 0 Å². The molecule has 0 heterocycles. The van der Waals surface area contributed by atoms with Crippen LogP contribution in [0, 0.1) is 17.5 Å². The number of amides is 2. The van der Waals surface area contributed by atoms with Gasteiger partial charge in [0, 0.05) is 11.3 Å². The molecule has 25 heavy (non-hydrogen) atoms. The van der Waals surface area contributed by atoms with Crippen LogP contribution in [0.1, 0.15) is 23.7 Å². The molecule has 8 heteroatoms. The maximum atomic E-state index is 13.5. The van der Waals surface area contributed by atoms with Crippen molar-refractivity contribution in [1.29, 1.82) is 0 Å². The molecule has 0 saturated carbocycles. The zero-order valence-electron chi connectivity index (χ0n) is 13.0. The fourth-order valence-electron chi connectivity index (χ4n) is 1.96. The summed E-state index contributed by atoms with van der Waals surface area (Å²) in [6.07, 6.45) is -0.660. The van der Waals surface area contributed by atoms with Gasteiger partial charge in [0.05, 0.1) is 5.69 Å². The first-order chi connectivity index (χ1) is 11.8. The van der Waals surface area contributed by atoms with Crippen LogP contribution >= 0.6 is 0 Å². The van der Waals surface area contributed by atoms with Crippen LogP contribution in [0.2, 0.25) is 0 Å². The minimum atomic E-state index is -1.71. The highest BCUT2D eigenvalue weighted by Crippen LogP contribution is 2.19. The van der Waals surface area contributed by atoms with Gasteiger partial charge in [0.2, 0.25) is 11.8 Å². The highest BCUT2D eigenvalue weighted by Gasteiger charge is 2.17. The lowest BCUT2D eigenvalue weighted by Gasteiger charge is -2.08. The van der Waals surface area contributed by atoms with Crippen LogP contribution in [-0.2, 0) is 9.59 Å². The molecule has 0 spiro atoms. The number of Topliss-reactive ketones (excluding diaryl/α,β-unsaturated/α-hetero) is 1. The van der Waals surface area contributed by atoms with Gasteiger partial charge in [-0.05, 0) is 43.3 Å². The smallest absolute Gasteiger partial charge is 0.233 e. The van der Waals surface area contributed by atoms with Crippen molar-refractivity contribution in [2.24, 2.45) is 0 Å². The van der Waals surface area contributed by atoms with Crippen molar-refractivity contribution in [1.82, 2.24) is 0 Å². The number of ketones is 1. The molecular weight excluding hydrogens is 337 g/mol. The molecule has 0 aromatic heterocycles.